The fraction of sp³-hybridized carbons (Fsp3) is 0.571. The first-order valence-corrected chi connectivity index (χ1v) is 10.9. The Kier molecular flexibility index (Phi) is 6.94. The van der Waals surface area contributed by atoms with Gasteiger partial charge in [-0.05, 0) is 37.8 Å². The van der Waals surface area contributed by atoms with Crippen LogP contribution in [-0.4, -0.2) is 39.7 Å². The molecule has 6 heteroatoms. The number of aliphatic imine (C=N–C) groups is 1. The number of nitrogens with zero attached hydrogens (tertiary/aromatic N) is 2. The standard InChI is InChI=1S/C21H29N3O2S/c1-3-15-10-8-9-13-17(15)23-21-24(4-2)20(26)18(27-21)14-19(25)22-16-11-6-5-7-12-16/h8-10,13,16,18H,3-7,11-12,14H2,1-2H3,(H,22,25). The van der Waals surface area contributed by atoms with Crippen molar-refractivity contribution >= 4 is 34.4 Å². The van der Waals surface area contributed by atoms with Crippen molar-refractivity contribution in [2.45, 2.75) is 70.1 Å². The van der Waals surface area contributed by atoms with E-state index in [9.17, 15) is 9.59 Å². The smallest absolute Gasteiger partial charge is 0.242 e. The zero-order chi connectivity index (χ0) is 19.2. The molecule has 1 saturated heterocycles. The molecule has 0 radical (unpaired) electrons. The van der Waals surface area contributed by atoms with Crippen LogP contribution >= 0.6 is 11.8 Å². The predicted molar refractivity (Wildman–Crippen MR) is 111 cm³/mol. The van der Waals surface area contributed by atoms with Crippen molar-refractivity contribution in [3.05, 3.63) is 29.8 Å². The average molecular weight is 388 g/mol. The highest BCUT2D eigenvalue weighted by Crippen LogP contribution is 2.32. The lowest BCUT2D eigenvalue weighted by Crippen LogP contribution is -2.39. The highest BCUT2D eigenvalue weighted by atomic mass is 32.2. The lowest BCUT2D eigenvalue weighted by molar-refractivity contribution is -0.129. The summed E-state index contributed by atoms with van der Waals surface area (Å²) in [5.41, 5.74) is 2.06. The largest absolute Gasteiger partial charge is 0.353 e. The molecule has 1 N–H and O–H groups in total. The van der Waals surface area contributed by atoms with Crippen LogP contribution in [0.1, 0.15) is 57.9 Å². The molecular weight excluding hydrogens is 358 g/mol. The molecule has 0 aromatic heterocycles. The molecule has 1 saturated carbocycles. The third-order valence-electron chi connectivity index (χ3n) is 5.27. The Bertz CT molecular complexity index is 713. The summed E-state index contributed by atoms with van der Waals surface area (Å²) < 4.78 is 0. The zero-order valence-electron chi connectivity index (χ0n) is 16.2. The van der Waals surface area contributed by atoms with Gasteiger partial charge < -0.3 is 5.32 Å². The van der Waals surface area contributed by atoms with Gasteiger partial charge in [-0.25, -0.2) is 4.99 Å². The molecule has 1 aromatic carbocycles. The minimum atomic E-state index is -0.374. The first kappa shape index (κ1) is 19.9. The van der Waals surface area contributed by atoms with Crippen molar-refractivity contribution in [1.82, 2.24) is 10.2 Å². The van der Waals surface area contributed by atoms with Crippen molar-refractivity contribution in [2.24, 2.45) is 4.99 Å². The summed E-state index contributed by atoms with van der Waals surface area (Å²) >= 11 is 1.42. The van der Waals surface area contributed by atoms with Gasteiger partial charge in [-0.15, -0.1) is 0 Å². The zero-order valence-corrected chi connectivity index (χ0v) is 17.1. The molecule has 5 nitrogen and oxygen atoms in total. The van der Waals surface area contributed by atoms with E-state index in [0.29, 0.717) is 11.7 Å². The summed E-state index contributed by atoms with van der Waals surface area (Å²) in [7, 11) is 0. The normalized spacial score (nSPS) is 22.4. The Hall–Kier alpha value is -1.82. The Morgan fingerprint density at radius 2 is 1.96 bits per heavy atom. The third kappa shape index (κ3) is 4.92. The van der Waals surface area contributed by atoms with Crippen LogP contribution < -0.4 is 5.32 Å². The third-order valence-corrected chi connectivity index (χ3v) is 6.44. The van der Waals surface area contributed by atoms with Gasteiger partial charge in [0.05, 0.1) is 5.69 Å². The monoisotopic (exact) mass is 387 g/mol. The van der Waals surface area contributed by atoms with Crippen LogP contribution in [0.3, 0.4) is 0 Å². The molecule has 2 aliphatic rings. The molecular formula is C21H29N3O2S. The Morgan fingerprint density at radius 1 is 1.22 bits per heavy atom. The van der Waals surface area contributed by atoms with Gasteiger partial charge in [-0.1, -0.05) is 56.1 Å². The van der Waals surface area contributed by atoms with Gasteiger partial charge >= 0.3 is 0 Å². The number of carbonyl (C=O) groups is 2. The van der Waals surface area contributed by atoms with Crippen LogP contribution in [0.25, 0.3) is 0 Å². The number of carbonyl (C=O) groups excluding carboxylic acids is 2. The second kappa shape index (κ2) is 9.40. The van der Waals surface area contributed by atoms with Crippen molar-refractivity contribution in [1.29, 1.82) is 0 Å². The Balaban J connectivity index is 1.68. The van der Waals surface area contributed by atoms with Crippen molar-refractivity contribution in [3.8, 4) is 0 Å². The quantitative estimate of drug-likeness (QED) is 0.801. The molecule has 27 heavy (non-hydrogen) atoms. The van der Waals surface area contributed by atoms with Crippen LogP contribution in [0.2, 0.25) is 0 Å². The summed E-state index contributed by atoms with van der Waals surface area (Å²) in [6.45, 7) is 4.62. The average Bonchev–Trinajstić information content (AvgIpc) is 2.97. The number of thioether (sulfide) groups is 1. The van der Waals surface area contributed by atoms with Crippen LogP contribution in [0, 0.1) is 0 Å². The van der Waals surface area contributed by atoms with Crippen molar-refractivity contribution in [3.63, 3.8) is 0 Å². The minimum Gasteiger partial charge on any atom is -0.353 e. The maximum atomic E-state index is 12.8. The van der Waals surface area contributed by atoms with Gasteiger partial charge in [0, 0.05) is 19.0 Å². The number of nitrogens with one attached hydrogen (secondary N) is 1. The number of amidine groups is 1. The van der Waals surface area contributed by atoms with Crippen molar-refractivity contribution < 1.29 is 9.59 Å². The van der Waals surface area contributed by atoms with Gasteiger partial charge in [-0.2, -0.15) is 0 Å². The molecule has 1 unspecified atom stereocenters. The fourth-order valence-electron chi connectivity index (χ4n) is 3.74. The molecule has 0 spiro atoms. The van der Waals surface area contributed by atoms with Crippen molar-refractivity contribution in [2.75, 3.05) is 6.54 Å². The van der Waals surface area contributed by atoms with Crippen LogP contribution in [-0.2, 0) is 16.0 Å². The molecule has 2 amide bonds. The van der Waals surface area contributed by atoms with E-state index >= 15 is 0 Å². The molecule has 1 aliphatic heterocycles. The van der Waals surface area contributed by atoms with E-state index < -0.39 is 0 Å². The summed E-state index contributed by atoms with van der Waals surface area (Å²) in [5, 5.41) is 3.45. The Morgan fingerprint density at radius 3 is 2.67 bits per heavy atom. The van der Waals surface area contributed by atoms with E-state index in [1.807, 2.05) is 25.1 Å². The Labute approximate surface area is 166 Å². The molecule has 1 aliphatic carbocycles. The number of rotatable bonds is 6. The lowest BCUT2D eigenvalue weighted by atomic mass is 9.95. The topological polar surface area (TPSA) is 61.8 Å². The predicted octanol–water partition coefficient (Wildman–Crippen LogP) is 4.04. The van der Waals surface area contributed by atoms with E-state index in [4.69, 9.17) is 4.99 Å². The number of para-hydroxylation sites is 1. The van der Waals surface area contributed by atoms with E-state index in [1.54, 1.807) is 4.90 Å². The van der Waals surface area contributed by atoms with E-state index in [0.717, 1.165) is 30.5 Å². The number of hydrogen-bond acceptors (Lipinski definition) is 4. The van der Waals surface area contributed by atoms with Crippen LogP contribution in [0.4, 0.5) is 5.69 Å². The molecule has 1 aromatic rings. The molecule has 0 bridgehead atoms. The van der Waals surface area contributed by atoms with Gasteiger partial charge in [0.25, 0.3) is 0 Å². The van der Waals surface area contributed by atoms with Gasteiger partial charge in [0.15, 0.2) is 5.17 Å². The molecule has 2 fully saturated rings. The van der Waals surface area contributed by atoms with Gasteiger partial charge in [0.1, 0.15) is 5.25 Å². The highest BCUT2D eigenvalue weighted by molar-refractivity contribution is 8.15. The highest BCUT2D eigenvalue weighted by Gasteiger charge is 2.38. The maximum absolute atomic E-state index is 12.8. The number of aryl methyl sites for hydroxylation is 1. The van der Waals surface area contributed by atoms with Gasteiger partial charge in [-0.3, -0.25) is 14.5 Å². The minimum absolute atomic E-state index is 0.00553. The lowest BCUT2D eigenvalue weighted by Gasteiger charge is -2.23. The number of benzene rings is 1. The van der Waals surface area contributed by atoms with E-state index in [-0.39, 0.29) is 29.5 Å². The summed E-state index contributed by atoms with van der Waals surface area (Å²) in [5.74, 6) is -0.0203. The van der Waals surface area contributed by atoms with Crippen LogP contribution in [0.5, 0.6) is 0 Å². The van der Waals surface area contributed by atoms with Crippen LogP contribution in [0.15, 0.2) is 29.3 Å². The maximum Gasteiger partial charge on any atom is 0.242 e. The molecule has 3 rings (SSSR count). The molecule has 146 valence electrons. The summed E-state index contributed by atoms with van der Waals surface area (Å²) in [6, 6.07) is 8.29. The summed E-state index contributed by atoms with van der Waals surface area (Å²) in [6.07, 6.45) is 6.85. The van der Waals surface area contributed by atoms with E-state index in [2.05, 4.69) is 18.3 Å². The van der Waals surface area contributed by atoms with E-state index in [1.165, 1.54) is 31.0 Å². The molecule has 1 heterocycles. The second-order valence-corrected chi connectivity index (χ2v) is 8.34. The summed E-state index contributed by atoms with van der Waals surface area (Å²) in [4.78, 5) is 31.7. The number of hydrogen-bond donors (Lipinski definition) is 1. The molecule has 1 atom stereocenters. The SMILES string of the molecule is CCc1ccccc1N=C1SC(CC(=O)NC2CCCCC2)C(=O)N1CC. The first-order valence-electron chi connectivity index (χ1n) is 10.1. The first-order chi connectivity index (χ1) is 13.1. The second-order valence-electron chi connectivity index (χ2n) is 7.17. The van der Waals surface area contributed by atoms with Gasteiger partial charge in [0.2, 0.25) is 11.8 Å². The fourth-order valence-corrected chi connectivity index (χ4v) is 4.95. The number of amides is 2.